The molecule has 1 aromatic rings. The summed E-state index contributed by atoms with van der Waals surface area (Å²) in [6, 6.07) is 8.89. The zero-order chi connectivity index (χ0) is 15.8. The summed E-state index contributed by atoms with van der Waals surface area (Å²) in [6.45, 7) is 2.63. The quantitative estimate of drug-likeness (QED) is 0.616. The molecule has 132 valence electrons. The number of hydrogen-bond donors (Lipinski definition) is 1. The number of hydrogen-bond acceptors (Lipinski definition) is 1. The second-order valence-electron chi connectivity index (χ2n) is 7.71. The SMILES string of the molecule is Cl.Cl.[CH3][Zr]([CH3])(=[SiH2])([C]1=C(CCCO)C=CC1)[CH]1C=Cc2ccccc21. The Labute approximate surface area is 160 Å². The van der Waals surface area contributed by atoms with Crippen molar-refractivity contribution in [2.75, 3.05) is 6.61 Å². The molecule has 0 aromatic heterocycles. The summed E-state index contributed by atoms with van der Waals surface area (Å²) < 4.78 is 7.59. The van der Waals surface area contributed by atoms with Crippen LogP contribution in [0.25, 0.3) is 6.08 Å². The van der Waals surface area contributed by atoms with Crippen LogP contribution < -0.4 is 0 Å². The predicted octanol–water partition coefficient (Wildman–Crippen LogP) is 4.92. The number of fused-ring (bicyclic) bond motifs is 1. The van der Waals surface area contributed by atoms with E-state index in [1.807, 2.05) is 0 Å². The summed E-state index contributed by atoms with van der Waals surface area (Å²) in [7, 11) is 0. The van der Waals surface area contributed by atoms with E-state index in [1.54, 1.807) is 3.28 Å². The molecule has 0 bridgehead atoms. The van der Waals surface area contributed by atoms with Crippen LogP contribution >= 0.6 is 24.8 Å². The second kappa shape index (κ2) is 8.18. The molecule has 3 rings (SSSR count). The molecule has 24 heavy (non-hydrogen) atoms. The molecule has 1 nitrogen and oxygen atoms in total. The van der Waals surface area contributed by atoms with Gasteiger partial charge in [0.15, 0.2) is 0 Å². The maximum absolute atomic E-state index is 9.18. The van der Waals surface area contributed by atoms with Crippen molar-refractivity contribution in [2.24, 2.45) is 0 Å². The number of aliphatic hydroxyl groups is 1. The summed E-state index contributed by atoms with van der Waals surface area (Å²) in [4.78, 5) is 0. The first-order valence-corrected chi connectivity index (χ1v) is 21.8. The molecular formula is C19H28Cl2OSiZr. The molecule has 0 radical (unpaired) electrons. The molecule has 0 saturated carbocycles. The fraction of sp³-hybridized carbons (Fsp3) is 0.368. The van der Waals surface area contributed by atoms with E-state index in [0.29, 0.717) is 10.2 Å². The van der Waals surface area contributed by atoms with Crippen LogP contribution in [0.3, 0.4) is 0 Å². The zero-order valence-electron chi connectivity index (χ0n) is 14.5. The van der Waals surface area contributed by atoms with E-state index in [1.165, 1.54) is 16.7 Å². The standard InChI is InChI=1S/C9H7.C8H11O.2CH3.2ClH.H2Si.Zr/c1-2-5-9-7-3-6-8(9)4-1;9-7-3-6-8-4-1-2-5-8;;;;;;/h1-7H;1,4,9H,2-3,6-7H2;2*1H3;2*1H;1H2;. The Morgan fingerprint density at radius 3 is 2.58 bits per heavy atom. The molecule has 0 amide bonds. The van der Waals surface area contributed by atoms with Gasteiger partial charge in [-0.3, -0.25) is 0 Å². The Morgan fingerprint density at radius 2 is 1.88 bits per heavy atom. The Kier molecular flexibility index (Phi) is 7.54. The Hall–Kier alpha value is 0.0800. The van der Waals surface area contributed by atoms with Crippen molar-refractivity contribution in [1.29, 1.82) is 0 Å². The Bertz CT molecular complexity index is 758. The first-order valence-electron chi connectivity index (χ1n) is 8.27. The van der Waals surface area contributed by atoms with E-state index < -0.39 is 17.4 Å². The number of benzene rings is 1. The predicted molar refractivity (Wildman–Crippen MR) is 110 cm³/mol. The third-order valence-corrected chi connectivity index (χ3v) is 22.9. The van der Waals surface area contributed by atoms with Crippen molar-refractivity contribution in [3.63, 3.8) is 0 Å². The van der Waals surface area contributed by atoms with Gasteiger partial charge in [-0.15, -0.1) is 24.8 Å². The Morgan fingerprint density at radius 1 is 1.17 bits per heavy atom. The van der Waals surface area contributed by atoms with Gasteiger partial charge in [0.2, 0.25) is 0 Å². The van der Waals surface area contributed by atoms with Gasteiger partial charge in [0, 0.05) is 0 Å². The van der Waals surface area contributed by atoms with Gasteiger partial charge in [-0.25, -0.2) is 0 Å². The molecule has 2 aliphatic rings. The van der Waals surface area contributed by atoms with Crippen molar-refractivity contribution in [1.82, 2.24) is 0 Å². The van der Waals surface area contributed by atoms with Crippen molar-refractivity contribution < 1.29 is 22.5 Å². The second-order valence-corrected chi connectivity index (χ2v) is 37.4. The van der Waals surface area contributed by atoms with Crippen LogP contribution in [0.5, 0.6) is 0 Å². The van der Waals surface area contributed by atoms with Crippen LogP contribution in [0.4, 0.5) is 0 Å². The average Bonchev–Trinajstić information content (AvgIpc) is 3.12. The summed E-state index contributed by atoms with van der Waals surface area (Å²) in [6.07, 6.45) is 12.5. The van der Waals surface area contributed by atoms with Gasteiger partial charge in [0.25, 0.3) is 0 Å². The van der Waals surface area contributed by atoms with Crippen molar-refractivity contribution >= 4 is 37.8 Å². The molecule has 0 saturated heterocycles. The minimum atomic E-state index is -3.05. The molecule has 1 N–H and O–H groups in total. The van der Waals surface area contributed by atoms with Crippen LogP contribution in [-0.2, 0) is 17.4 Å². The van der Waals surface area contributed by atoms with E-state index in [4.69, 9.17) is 0 Å². The van der Waals surface area contributed by atoms with Gasteiger partial charge in [0.1, 0.15) is 0 Å². The molecule has 1 atom stereocenters. The number of allylic oxidation sites excluding steroid dienone is 5. The van der Waals surface area contributed by atoms with E-state index in [0.717, 1.165) is 19.3 Å². The molecular weight excluding hydrogens is 434 g/mol. The van der Waals surface area contributed by atoms with E-state index in [9.17, 15) is 5.11 Å². The summed E-state index contributed by atoms with van der Waals surface area (Å²) in [5, 5.41) is 9.18. The van der Waals surface area contributed by atoms with Crippen molar-refractivity contribution in [3.8, 4) is 0 Å². The first kappa shape index (κ1) is 22.1. The van der Waals surface area contributed by atoms with Crippen LogP contribution in [0.1, 0.15) is 34.0 Å². The van der Waals surface area contributed by atoms with Gasteiger partial charge < -0.3 is 0 Å². The van der Waals surface area contributed by atoms with Gasteiger partial charge in [0.05, 0.1) is 0 Å². The van der Waals surface area contributed by atoms with Gasteiger partial charge in [-0.1, -0.05) is 0 Å². The first-order chi connectivity index (χ1) is 10.4. The van der Waals surface area contributed by atoms with E-state index in [-0.39, 0.29) is 24.8 Å². The topological polar surface area (TPSA) is 20.2 Å². The molecule has 0 aliphatic heterocycles. The van der Waals surface area contributed by atoms with Crippen LogP contribution in [0.15, 0.2) is 51.3 Å². The van der Waals surface area contributed by atoms with Crippen molar-refractivity contribution in [3.05, 3.63) is 62.5 Å². The fourth-order valence-corrected chi connectivity index (χ4v) is 19.3. The summed E-state index contributed by atoms with van der Waals surface area (Å²) in [5.74, 6) is 0. The molecule has 2 aliphatic carbocycles. The van der Waals surface area contributed by atoms with Crippen molar-refractivity contribution in [2.45, 2.75) is 32.2 Å². The molecule has 0 heterocycles. The van der Waals surface area contributed by atoms with Gasteiger partial charge in [-0.2, -0.15) is 0 Å². The summed E-state index contributed by atoms with van der Waals surface area (Å²) >= 11 is -3.05. The molecule has 0 spiro atoms. The monoisotopic (exact) mass is 460 g/mol. The van der Waals surface area contributed by atoms with Gasteiger partial charge in [-0.05, 0) is 0 Å². The summed E-state index contributed by atoms with van der Waals surface area (Å²) in [5.41, 5.74) is 4.47. The number of halogens is 2. The minimum absolute atomic E-state index is 0. The van der Waals surface area contributed by atoms with Crippen LogP contribution in [0, 0.1) is 0 Å². The maximum atomic E-state index is 9.18. The average molecular weight is 463 g/mol. The Balaban J connectivity index is 0.00000144. The number of aliphatic hydroxyl groups excluding tert-OH is 1. The zero-order valence-corrected chi connectivity index (χ0v) is 20.0. The third kappa shape index (κ3) is 3.91. The van der Waals surface area contributed by atoms with Crippen LogP contribution in [0.2, 0.25) is 9.26 Å². The third-order valence-electron chi connectivity index (χ3n) is 5.42. The number of rotatable bonds is 5. The van der Waals surface area contributed by atoms with Gasteiger partial charge >= 0.3 is 137 Å². The normalized spacial score (nSPS) is 19.1. The fourth-order valence-electron chi connectivity index (χ4n) is 4.16. The molecule has 1 aromatic carbocycles. The molecule has 1 unspecified atom stereocenters. The molecule has 5 heteroatoms. The van der Waals surface area contributed by atoms with E-state index in [2.05, 4.69) is 64.7 Å². The molecule has 0 fully saturated rings. The van der Waals surface area contributed by atoms with E-state index >= 15 is 0 Å². The van der Waals surface area contributed by atoms with Crippen LogP contribution in [-0.4, -0.2) is 18.6 Å².